The zero-order valence-corrected chi connectivity index (χ0v) is 15.3. The maximum atomic E-state index is 12.5. The van der Waals surface area contributed by atoms with Gasteiger partial charge in [0.15, 0.2) is 10.8 Å². The zero-order chi connectivity index (χ0) is 20.5. The Morgan fingerprint density at radius 2 is 2.15 bits per heavy atom. The van der Waals surface area contributed by atoms with Crippen LogP contribution in [0.5, 0.6) is 0 Å². The first kappa shape index (κ1) is 20.3. The topological polar surface area (TPSA) is 207 Å². The molecule has 0 radical (unpaired) electrons. The summed E-state index contributed by atoms with van der Waals surface area (Å²) in [6.07, 6.45) is 0. The summed E-state index contributed by atoms with van der Waals surface area (Å²) in [4.78, 5) is 44.3. The Labute approximate surface area is 156 Å². The van der Waals surface area contributed by atoms with E-state index in [-0.39, 0.29) is 20.8 Å². The number of carbonyl (C=O) groups excluding carboxylic acids is 3. The molecule has 0 aromatic carbocycles. The maximum absolute atomic E-state index is 12.5. The van der Waals surface area contributed by atoms with E-state index in [0.29, 0.717) is 0 Å². The van der Waals surface area contributed by atoms with Crippen LogP contribution in [0.15, 0.2) is 22.7 Å². The number of aromatic nitrogens is 1. The van der Waals surface area contributed by atoms with E-state index in [9.17, 15) is 22.8 Å². The molecule has 0 unspecified atom stereocenters. The number of nitrogens with two attached hydrogens (primary N) is 2. The van der Waals surface area contributed by atoms with Gasteiger partial charge in [-0.05, 0) is 0 Å². The van der Waals surface area contributed by atoms with Gasteiger partial charge in [-0.15, -0.1) is 11.3 Å². The largest absolute Gasteiger partial charge is 0.398 e. The molecule has 2 rings (SSSR count). The molecule has 0 aliphatic carbocycles. The molecule has 6 N–H and O–H groups in total. The molecule has 1 saturated heterocycles. The second kappa shape index (κ2) is 7.29. The number of nitrogen functional groups attached to an aromatic ring is 1. The van der Waals surface area contributed by atoms with Crippen LogP contribution < -0.4 is 16.8 Å². The third kappa shape index (κ3) is 3.88. The van der Waals surface area contributed by atoms with Gasteiger partial charge in [-0.25, -0.2) is 9.29 Å². The predicted molar refractivity (Wildman–Crippen MR) is 92.5 cm³/mol. The van der Waals surface area contributed by atoms with Gasteiger partial charge in [-0.3, -0.25) is 18.9 Å². The number of hydrogen-bond acceptors (Lipinski definition) is 10. The van der Waals surface area contributed by atoms with Crippen molar-refractivity contribution in [3.8, 4) is 0 Å². The number of rotatable bonds is 7. The van der Waals surface area contributed by atoms with Crippen LogP contribution in [0.3, 0.4) is 0 Å². The molecule has 27 heavy (non-hydrogen) atoms. The molecular weight excluding hydrogens is 404 g/mol. The van der Waals surface area contributed by atoms with Gasteiger partial charge in [0.05, 0.1) is 0 Å². The lowest BCUT2D eigenvalue weighted by atomic mass is 9.91. The number of nitrogens with one attached hydrogen (secondary N) is 1. The molecule has 0 spiro atoms. The highest BCUT2D eigenvalue weighted by atomic mass is 32.2. The first-order valence-electron chi connectivity index (χ1n) is 6.91. The van der Waals surface area contributed by atoms with Gasteiger partial charge in [-0.1, -0.05) is 11.7 Å². The highest BCUT2D eigenvalue weighted by Gasteiger charge is 2.56. The van der Waals surface area contributed by atoms with Crippen molar-refractivity contribution in [2.75, 3.05) is 12.8 Å². The minimum Gasteiger partial charge on any atom is -0.398 e. The summed E-state index contributed by atoms with van der Waals surface area (Å²) in [5.41, 5.74) is 9.73. The Balaban J connectivity index is 2.32. The molecule has 1 aromatic rings. The zero-order valence-electron chi connectivity index (χ0n) is 13.6. The fraction of sp³-hybridized carbons (Fsp3) is 0.250. The van der Waals surface area contributed by atoms with E-state index in [2.05, 4.69) is 26.9 Å². The first-order chi connectivity index (χ1) is 12.5. The molecule has 15 heteroatoms. The third-order valence-corrected chi connectivity index (χ3v) is 5.00. The van der Waals surface area contributed by atoms with Gasteiger partial charge >= 0.3 is 10.3 Å². The van der Waals surface area contributed by atoms with Gasteiger partial charge in [0.2, 0.25) is 5.91 Å². The molecular formula is C12H14N6O7S2. The Kier molecular flexibility index (Phi) is 5.48. The molecule has 0 saturated carbocycles. The number of primary amides is 1. The fourth-order valence-corrected chi connectivity index (χ4v) is 3.68. The normalized spacial score (nSPS) is 20.0. The highest BCUT2D eigenvalue weighted by molar-refractivity contribution is 7.84. The lowest BCUT2D eigenvalue weighted by Gasteiger charge is -2.44. The van der Waals surface area contributed by atoms with Crippen LogP contribution in [0.4, 0.5) is 5.13 Å². The average Bonchev–Trinajstić information content (AvgIpc) is 2.98. The number of amides is 3. The summed E-state index contributed by atoms with van der Waals surface area (Å²) in [5.74, 6) is -3.30. The highest BCUT2D eigenvalue weighted by Crippen LogP contribution is 2.28. The van der Waals surface area contributed by atoms with Crippen molar-refractivity contribution < 1.29 is 32.2 Å². The van der Waals surface area contributed by atoms with Gasteiger partial charge in [0.25, 0.3) is 11.8 Å². The molecule has 146 valence electrons. The molecule has 2 heterocycles. The minimum absolute atomic E-state index is 0.0149. The van der Waals surface area contributed by atoms with Crippen LogP contribution in [0.2, 0.25) is 0 Å². The molecule has 1 aliphatic heterocycles. The van der Waals surface area contributed by atoms with Crippen molar-refractivity contribution in [2.24, 2.45) is 10.9 Å². The van der Waals surface area contributed by atoms with E-state index < -0.39 is 45.7 Å². The Morgan fingerprint density at radius 1 is 1.52 bits per heavy atom. The number of nitrogens with zero attached hydrogens (tertiary/aromatic N) is 3. The van der Waals surface area contributed by atoms with Gasteiger partial charge < -0.3 is 21.6 Å². The Bertz CT molecular complexity index is 953. The van der Waals surface area contributed by atoms with Crippen LogP contribution in [-0.4, -0.2) is 64.9 Å². The van der Waals surface area contributed by atoms with Crippen molar-refractivity contribution >= 4 is 50.2 Å². The van der Waals surface area contributed by atoms with Gasteiger partial charge in [0.1, 0.15) is 24.9 Å². The minimum atomic E-state index is -5.01. The second-order valence-electron chi connectivity index (χ2n) is 5.09. The van der Waals surface area contributed by atoms with Crippen molar-refractivity contribution in [1.82, 2.24) is 14.6 Å². The predicted octanol–water partition coefficient (Wildman–Crippen LogP) is -2.38. The lowest BCUT2D eigenvalue weighted by Crippen LogP contribution is -2.73. The maximum Gasteiger partial charge on any atom is 0.362 e. The molecule has 1 aliphatic rings. The number of β-lactam (4-membered cyclic amide) rings is 1. The average molecular weight is 418 g/mol. The quantitative estimate of drug-likeness (QED) is 0.122. The van der Waals surface area contributed by atoms with Crippen LogP contribution in [0, 0.1) is 0 Å². The number of oxime groups is 1. The first-order valence-corrected chi connectivity index (χ1v) is 9.19. The van der Waals surface area contributed by atoms with E-state index in [1.807, 2.05) is 0 Å². The molecule has 13 nitrogen and oxygen atoms in total. The van der Waals surface area contributed by atoms with Gasteiger partial charge in [-0.2, -0.15) is 8.42 Å². The summed E-state index contributed by atoms with van der Waals surface area (Å²) >= 11 is 1.02. The molecule has 3 amide bonds. The van der Waals surface area contributed by atoms with Crippen LogP contribution in [0.25, 0.3) is 0 Å². The van der Waals surface area contributed by atoms with E-state index >= 15 is 0 Å². The standard InChI is InChI=1S/C12H14N6O7S2/c1-4(9(13)19)8-7(11(21)18(8)27(22,23)24)16-10(20)6(17-25-2)5-3-26-12(14)15-5/h3,7-8H,1H2,2H3,(H2,13,19)(H2,14,15)(H,16,20)(H,22,23,24)/t7-,8-/m0/s1. The van der Waals surface area contributed by atoms with E-state index in [4.69, 9.17) is 16.0 Å². The SMILES string of the molecule is C=C(C(N)=O)[C@H]1[C@H](NC(=O)C(=NOC)c2csc(N)n2)C(=O)N1S(=O)(=O)O. The molecule has 1 fully saturated rings. The van der Waals surface area contributed by atoms with Crippen LogP contribution in [0.1, 0.15) is 5.69 Å². The van der Waals surface area contributed by atoms with E-state index in [0.717, 1.165) is 18.4 Å². The second-order valence-corrected chi connectivity index (χ2v) is 7.27. The van der Waals surface area contributed by atoms with Crippen molar-refractivity contribution in [1.29, 1.82) is 0 Å². The van der Waals surface area contributed by atoms with Crippen molar-refractivity contribution in [3.63, 3.8) is 0 Å². The molecule has 0 bridgehead atoms. The fourth-order valence-electron chi connectivity index (χ4n) is 2.25. The summed E-state index contributed by atoms with van der Waals surface area (Å²) in [7, 11) is -3.85. The van der Waals surface area contributed by atoms with Crippen molar-refractivity contribution in [2.45, 2.75) is 12.1 Å². The molecule has 2 atom stereocenters. The summed E-state index contributed by atoms with van der Waals surface area (Å²) in [6, 6.07) is -3.14. The summed E-state index contributed by atoms with van der Waals surface area (Å²) < 4.78 is 31.8. The Hall–Kier alpha value is -3.04. The smallest absolute Gasteiger partial charge is 0.362 e. The van der Waals surface area contributed by atoms with Crippen molar-refractivity contribution in [3.05, 3.63) is 23.2 Å². The lowest BCUT2D eigenvalue weighted by molar-refractivity contribution is -0.143. The Morgan fingerprint density at radius 3 is 2.59 bits per heavy atom. The summed E-state index contributed by atoms with van der Waals surface area (Å²) in [5, 5.41) is 7.23. The van der Waals surface area contributed by atoms with Gasteiger partial charge in [0, 0.05) is 11.0 Å². The number of anilines is 1. The van der Waals surface area contributed by atoms with E-state index in [1.54, 1.807) is 0 Å². The van der Waals surface area contributed by atoms with Crippen LogP contribution in [-0.2, 0) is 29.5 Å². The number of carbonyl (C=O) groups is 3. The number of thiazole rings is 1. The monoisotopic (exact) mass is 418 g/mol. The third-order valence-electron chi connectivity index (χ3n) is 3.42. The van der Waals surface area contributed by atoms with Crippen LogP contribution >= 0.6 is 11.3 Å². The number of hydrogen-bond donors (Lipinski definition) is 4. The molecule has 1 aromatic heterocycles. The summed E-state index contributed by atoms with van der Waals surface area (Å²) in [6.45, 7) is 3.30. The van der Waals surface area contributed by atoms with E-state index in [1.165, 1.54) is 5.38 Å².